The van der Waals surface area contributed by atoms with E-state index in [1.807, 2.05) is 25.1 Å². The molecule has 102 valence electrons. The molecule has 0 aliphatic heterocycles. The number of benzene rings is 1. The Bertz CT molecular complexity index is 555. The van der Waals surface area contributed by atoms with Crippen molar-refractivity contribution in [3.63, 3.8) is 0 Å². The minimum atomic E-state index is 0.473. The lowest BCUT2D eigenvalue weighted by Gasteiger charge is -2.11. The van der Waals surface area contributed by atoms with Gasteiger partial charge in [0.25, 0.3) is 0 Å². The lowest BCUT2D eigenvalue weighted by Crippen LogP contribution is -2.04. The number of aromatic nitrogens is 4. The minimum Gasteiger partial charge on any atom is -0.494 e. The number of nitrogens with zero attached hydrogens (tertiary/aromatic N) is 4. The molecule has 2 rings (SSSR count). The number of aryl methyl sites for hydroxylation is 1. The van der Waals surface area contributed by atoms with E-state index in [0.29, 0.717) is 5.25 Å². The minimum absolute atomic E-state index is 0.473. The van der Waals surface area contributed by atoms with Gasteiger partial charge >= 0.3 is 0 Å². The van der Waals surface area contributed by atoms with Crippen molar-refractivity contribution in [1.82, 2.24) is 20.2 Å². The highest BCUT2D eigenvalue weighted by Crippen LogP contribution is 2.29. The number of hydrogen-bond donors (Lipinski definition) is 0. The predicted molar refractivity (Wildman–Crippen MR) is 76.1 cm³/mol. The van der Waals surface area contributed by atoms with Gasteiger partial charge in [0, 0.05) is 5.25 Å². The van der Waals surface area contributed by atoms with E-state index in [4.69, 9.17) is 4.74 Å². The molecule has 6 heteroatoms. The highest BCUT2D eigenvalue weighted by atomic mass is 32.2. The number of rotatable bonds is 5. The van der Waals surface area contributed by atoms with Gasteiger partial charge in [-0.15, -0.1) is 5.10 Å². The fourth-order valence-corrected chi connectivity index (χ4v) is 2.48. The van der Waals surface area contributed by atoms with Gasteiger partial charge in [-0.05, 0) is 41.5 Å². The molecule has 0 aliphatic rings. The van der Waals surface area contributed by atoms with E-state index in [9.17, 15) is 0 Å². The normalized spacial score (nSPS) is 12.4. The van der Waals surface area contributed by atoms with Crippen molar-refractivity contribution < 1.29 is 4.74 Å². The van der Waals surface area contributed by atoms with E-state index in [1.54, 1.807) is 23.6 Å². The van der Waals surface area contributed by atoms with Crippen molar-refractivity contribution in [2.24, 2.45) is 0 Å². The second-order valence-electron chi connectivity index (χ2n) is 4.39. The summed E-state index contributed by atoms with van der Waals surface area (Å²) in [7, 11) is 1.65. The van der Waals surface area contributed by atoms with Crippen LogP contribution in [-0.2, 0) is 0 Å². The first-order valence-corrected chi connectivity index (χ1v) is 7.13. The zero-order valence-corrected chi connectivity index (χ0v) is 12.4. The third-order valence-corrected chi connectivity index (χ3v) is 4.09. The summed E-state index contributed by atoms with van der Waals surface area (Å²) in [5.41, 5.74) is 2.02. The molecule has 1 atom stereocenters. The number of tetrazole rings is 1. The van der Waals surface area contributed by atoms with Crippen molar-refractivity contribution >= 4 is 11.8 Å². The fraction of sp³-hybridized carbons (Fsp3) is 0.462. The average molecular weight is 278 g/mol. The second-order valence-corrected chi connectivity index (χ2v) is 5.79. The smallest absolute Gasteiger partial charge is 0.214 e. The van der Waals surface area contributed by atoms with Crippen molar-refractivity contribution in [3.8, 4) is 11.4 Å². The highest BCUT2D eigenvalue weighted by molar-refractivity contribution is 7.99. The van der Waals surface area contributed by atoms with Gasteiger partial charge in [-0.25, -0.2) is 0 Å². The molecule has 5 nitrogen and oxygen atoms in total. The molecule has 0 radical (unpaired) electrons. The van der Waals surface area contributed by atoms with Gasteiger partial charge < -0.3 is 4.74 Å². The van der Waals surface area contributed by atoms with E-state index in [1.165, 1.54) is 0 Å². The maximum Gasteiger partial charge on any atom is 0.214 e. The molecule has 0 saturated heterocycles. The predicted octanol–water partition coefficient (Wildman–Crippen LogP) is 2.87. The van der Waals surface area contributed by atoms with E-state index < -0.39 is 0 Å². The quantitative estimate of drug-likeness (QED) is 0.787. The van der Waals surface area contributed by atoms with Crippen LogP contribution in [0.1, 0.15) is 25.8 Å². The number of hydrogen-bond acceptors (Lipinski definition) is 5. The highest BCUT2D eigenvalue weighted by Gasteiger charge is 2.15. The monoisotopic (exact) mass is 278 g/mol. The van der Waals surface area contributed by atoms with Crippen LogP contribution < -0.4 is 4.74 Å². The number of methoxy groups -OCH3 is 1. The third kappa shape index (κ3) is 3.07. The Morgan fingerprint density at radius 3 is 2.89 bits per heavy atom. The third-order valence-electron chi connectivity index (χ3n) is 2.88. The van der Waals surface area contributed by atoms with Crippen LogP contribution in [0.25, 0.3) is 5.69 Å². The van der Waals surface area contributed by atoms with Crippen LogP contribution in [0.2, 0.25) is 0 Å². The van der Waals surface area contributed by atoms with Crippen LogP contribution in [-0.4, -0.2) is 32.6 Å². The molecule has 0 bridgehead atoms. The Morgan fingerprint density at radius 2 is 2.21 bits per heavy atom. The van der Waals surface area contributed by atoms with Crippen LogP contribution in [0, 0.1) is 6.92 Å². The molecule has 0 aliphatic carbocycles. The fourth-order valence-electron chi connectivity index (χ4n) is 1.63. The average Bonchev–Trinajstić information content (AvgIpc) is 2.86. The summed E-state index contributed by atoms with van der Waals surface area (Å²) in [4.78, 5) is 0. The summed E-state index contributed by atoms with van der Waals surface area (Å²) in [5.74, 6) is 0.768. The first kappa shape index (κ1) is 13.9. The SMILES string of the molecule is CCC(C)Sc1nnnn1-c1cc(C)ccc1OC. The van der Waals surface area contributed by atoms with Crippen LogP contribution in [0.5, 0.6) is 5.75 Å². The molecule has 1 unspecified atom stereocenters. The van der Waals surface area contributed by atoms with E-state index in [-0.39, 0.29) is 0 Å². The molecule has 2 aromatic rings. The van der Waals surface area contributed by atoms with Crippen molar-refractivity contribution in [1.29, 1.82) is 0 Å². The number of ether oxygens (including phenoxy) is 1. The summed E-state index contributed by atoms with van der Waals surface area (Å²) >= 11 is 1.67. The molecule has 19 heavy (non-hydrogen) atoms. The summed E-state index contributed by atoms with van der Waals surface area (Å²) in [6.07, 6.45) is 1.07. The molecule has 0 spiro atoms. The maximum atomic E-state index is 5.38. The summed E-state index contributed by atoms with van der Waals surface area (Å²) < 4.78 is 7.12. The largest absolute Gasteiger partial charge is 0.494 e. The van der Waals surface area contributed by atoms with Crippen LogP contribution in [0.3, 0.4) is 0 Å². The van der Waals surface area contributed by atoms with Crippen molar-refractivity contribution in [2.75, 3.05) is 7.11 Å². The molecular weight excluding hydrogens is 260 g/mol. The molecule has 0 fully saturated rings. The molecule has 1 heterocycles. The molecular formula is C13H18N4OS. The van der Waals surface area contributed by atoms with Crippen LogP contribution >= 0.6 is 11.8 Å². The first-order valence-electron chi connectivity index (χ1n) is 6.25. The van der Waals surface area contributed by atoms with Crippen LogP contribution in [0.4, 0.5) is 0 Å². The zero-order chi connectivity index (χ0) is 13.8. The van der Waals surface area contributed by atoms with Gasteiger partial charge in [0.15, 0.2) is 0 Å². The van der Waals surface area contributed by atoms with Gasteiger partial charge in [0.2, 0.25) is 5.16 Å². The van der Waals surface area contributed by atoms with Crippen LogP contribution in [0.15, 0.2) is 23.4 Å². The van der Waals surface area contributed by atoms with Gasteiger partial charge in [-0.3, -0.25) is 0 Å². The van der Waals surface area contributed by atoms with Gasteiger partial charge in [-0.1, -0.05) is 31.7 Å². The summed E-state index contributed by atoms with van der Waals surface area (Å²) in [5, 5.41) is 13.2. The van der Waals surface area contributed by atoms with Gasteiger partial charge in [-0.2, -0.15) is 4.68 Å². The first-order chi connectivity index (χ1) is 9.15. The number of thioether (sulfide) groups is 1. The maximum absolute atomic E-state index is 5.38. The molecule has 1 aromatic heterocycles. The Labute approximate surface area is 117 Å². The van der Waals surface area contributed by atoms with Crippen molar-refractivity contribution in [3.05, 3.63) is 23.8 Å². The summed E-state index contributed by atoms with van der Waals surface area (Å²) in [6.45, 7) is 6.35. The van der Waals surface area contributed by atoms with Gasteiger partial charge in [0.05, 0.1) is 7.11 Å². The van der Waals surface area contributed by atoms with E-state index in [0.717, 1.165) is 28.6 Å². The van der Waals surface area contributed by atoms with E-state index in [2.05, 4.69) is 29.4 Å². The Hall–Kier alpha value is -1.56. The van der Waals surface area contributed by atoms with E-state index >= 15 is 0 Å². The second kappa shape index (κ2) is 6.06. The Balaban J connectivity index is 2.42. The van der Waals surface area contributed by atoms with Crippen molar-refractivity contribution in [2.45, 2.75) is 37.6 Å². The molecule has 0 saturated carbocycles. The van der Waals surface area contributed by atoms with Gasteiger partial charge in [0.1, 0.15) is 11.4 Å². The molecule has 0 N–H and O–H groups in total. The zero-order valence-electron chi connectivity index (χ0n) is 11.6. The lowest BCUT2D eigenvalue weighted by molar-refractivity contribution is 0.410. The topological polar surface area (TPSA) is 52.8 Å². The Morgan fingerprint density at radius 1 is 1.42 bits per heavy atom. The Kier molecular flexibility index (Phi) is 4.42. The molecule has 1 aromatic carbocycles. The lowest BCUT2D eigenvalue weighted by atomic mass is 10.2. The standard InChI is InChI=1S/C13H18N4OS/c1-5-10(3)19-13-14-15-16-17(13)11-8-9(2)6-7-12(11)18-4/h6-8,10H,5H2,1-4H3. The summed E-state index contributed by atoms with van der Waals surface area (Å²) in [6, 6.07) is 5.97. The molecule has 0 amide bonds.